The summed E-state index contributed by atoms with van der Waals surface area (Å²) in [6, 6.07) is 6.92. The third-order valence-electron chi connectivity index (χ3n) is 3.94. The maximum atomic E-state index is 14.5. The van der Waals surface area contributed by atoms with Gasteiger partial charge in [-0.3, -0.25) is 0 Å². The van der Waals surface area contributed by atoms with Crippen molar-refractivity contribution < 1.29 is 22.0 Å². The lowest BCUT2D eigenvalue weighted by Crippen LogP contribution is -2.06. The summed E-state index contributed by atoms with van der Waals surface area (Å²) in [6.45, 7) is 1.78. The monoisotopic (exact) mass is 474 g/mol. The molecule has 2 nitrogen and oxygen atoms in total. The van der Waals surface area contributed by atoms with Crippen LogP contribution in [0.4, 0.5) is 22.0 Å². The Bertz CT molecular complexity index is 993. The summed E-state index contributed by atoms with van der Waals surface area (Å²) in [5.41, 5.74) is 0.528. The van der Waals surface area contributed by atoms with Crippen molar-refractivity contribution >= 4 is 27.7 Å². The molecule has 1 unspecified atom stereocenters. The second kappa shape index (κ2) is 8.16. The van der Waals surface area contributed by atoms with Crippen molar-refractivity contribution in [2.24, 2.45) is 0 Å². The molecule has 0 saturated carbocycles. The van der Waals surface area contributed by atoms with Crippen LogP contribution in [-0.2, 0) is 6.18 Å². The number of halogens is 6. The highest BCUT2D eigenvalue weighted by molar-refractivity contribution is 9.10. The molecule has 9 heteroatoms. The fraction of sp³-hybridized carbons (Fsp3) is 0.158. The minimum absolute atomic E-state index is 0.0546. The summed E-state index contributed by atoms with van der Waals surface area (Å²) in [7, 11) is 0. The van der Waals surface area contributed by atoms with Crippen molar-refractivity contribution in [3.8, 4) is 0 Å². The molecule has 3 aromatic rings. The van der Waals surface area contributed by atoms with Crippen LogP contribution < -0.4 is 0 Å². The van der Waals surface area contributed by atoms with Gasteiger partial charge in [-0.05, 0) is 70.4 Å². The number of benzene rings is 1. The number of rotatable bonds is 4. The van der Waals surface area contributed by atoms with Gasteiger partial charge in [0, 0.05) is 18.0 Å². The van der Waals surface area contributed by atoms with Crippen LogP contribution in [0.25, 0.3) is 0 Å². The Hall–Kier alpha value is -2.00. The van der Waals surface area contributed by atoms with Crippen molar-refractivity contribution in [3.05, 3.63) is 87.3 Å². The molecule has 2 heterocycles. The van der Waals surface area contributed by atoms with E-state index in [2.05, 4.69) is 25.9 Å². The zero-order valence-corrected chi connectivity index (χ0v) is 16.7. The summed E-state index contributed by atoms with van der Waals surface area (Å²) < 4.78 is 67.1. The minimum Gasteiger partial charge on any atom is -0.249 e. The summed E-state index contributed by atoms with van der Waals surface area (Å²) >= 11 is 4.27. The van der Waals surface area contributed by atoms with Gasteiger partial charge in [0.2, 0.25) is 0 Å². The Morgan fingerprint density at radius 3 is 2.32 bits per heavy atom. The van der Waals surface area contributed by atoms with Gasteiger partial charge in [-0.25, -0.2) is 18.7 Å². The number of hydrogen-bond donors (Lipinski definition) is 0. The predicted octanol–water partition coefficient (Wildman–Crippen LogP) is 6.73. The third-order valence-corrected chi connectivity index (χ3v) is 5.60. The van der Waals surface area contributed by atoms with E-state index in [0.29, 0.717) is 16.4 Å². The van der Waals surface area contributed by atoms with Gasteiger partial charge in [0.15, 0.2) is 0 Å². The van der Waals surface area contributed by atoms with E-state index in [9.17, 15) is 22.0 Å². The number of thioether (sulfide) groups is 1. The van der Waals surface area contributed by atoms with E-state index in [-0.39, 0.29) is 10.6 Å². The second-order valence-corrected chi connectivity index (χ2v) is 7.85. The quantitative estimate of drug-likeness (QED) is 0.238. The molecular formula is C19H12BrF5N2S. The summed E-state index contributed by atoms with van der Waals surface area (Å²) in [6.07, 6.45) is -2.27. The molecular weight excluding hydrogens is 463 g/mol. The van der Waals surface area contributed by atoms with E-state index in [0.717, 1.165) is 41.6 Å². The van der Waals surface area contributed by atoms with Crippen LogP contribution in [-0.4, -0.2) is 9.97 Å². The summed E-state index contributed by atoms with van der Waals surface area (Å²) in [4.78, 5) is 7.98. The van der Waals surface area contributed by atoms with Gasteiger partial charge in [-0.1, -0.05) is 11.8 Å². The van der Waals surface area contributed by atoms with Gasteiger partial charge in [0.25, 0.3) is 0 Å². The molecule has 0 amide bonds. The van der Waals surface area contributed by atoms with Gasteiger partial charge >= 0.3 is 6.18 Å². The number of pyridine rings is 2. The molecule has 0 fully saturated rings. The molecule has 1 atom stereocenters. The van der Waals surface area contributed by atoms with Crippen LogP contribution in [0.3, 0.4) is 0 Å². The first-order valence-corrected chi connectivity index (χ1v) is 9.59. The lowest BCUT2D eigenvalue weighted by Gasteiger charge is -2.20. The fourth-order valence-electron chi connectivity index (χ4n) is 2.56. The van der Waals surface area contributed by atoms with Gasteiger partial charge < -0.3 is 0 Å². The predicted molar refractivity (Wildman–Crippen MR) is 100.0 cm³/mol. The Labute approximate surface area is 170 Å². The van der Waals surface area contributed by atoms with Gasteiger partial charge in [-0.15, -0.1) is 0 Å². The van der Waals surface area contributed by atoms with Crippen LogP contribution in [0.5, 0.6) is 0 Å². The lowest BCUT2D eigenvalue weighted by molar-refractivity contribution is -0.137. The first-order valence-electron chi connectivity index (χ1n) is 7.92. The lowest BCUT2D eigenvalue weighted by atomic mass is 10.0. The molecule has 0 aliphatic heterocycles. The Morgan fingerprint density at radius 2 is 1.71 bits per heavy atom. The van der Waals surface area contributed by atoms with Crippen molar-refractivity contribution in [3.63, 3.8) is 0 Å². The molecule has 0 aliphatic rings. The Morgan fingerprint density at radius 1 is 0.964 bits per heavy atom. The zero-order chi connectivity index (χ0) is 20.5. The zero-order valence-electron chi connectivity index (χ0n) is 14.3. The minimum atomic E-state index is -4.50. The molecule has 0 radical (unpaired) electrons. The van der Waals surface area contributed by atoms with Crippen molar-refractivity contribution in [2.45, 2.75) is 23.4 Å². The van der Waals surface area contributed by atoms with Crippen LogP contribution in [0.2, 0.25) is 0 Å². The molecule has 28 heavy (non-hydrogen) atoms. The number of hydrogen-bond acceptors (Lipinski definition) is 3. The SMILES string of the molecule is Cc1cc(Br)ncc1C(Sc1ccc(C(F)(F)F)cn1)c1cc(F)ccc1F. The second-order valence-electron chi connectivity index (χ2n) is 5.91. The molecule has 0 bridgehead atoms. The molecule has 3 rings (SSSR count). The van der Waals surface area contributed by atoms with Gasteiger partial charge in [0.05, 0.1) is 15.8 Å². The molecule has 1 aromatic carbocycles. The molecule has 0 aliphatic carbocycles. The van der Waals surface area contributed by atoms with E-state index in [4.69, 9.17) is 0 Å². The standard InChI is InChI=1S/C19H12BrF5N2S/c1-10-6-16(20)26-9-14(10)18(13-7-12(21)3-4-15(13)22)28-17-5-2-11(8-27-17)19(23,24)25/h2-9,18H,1H3. The van der Waals surface area contributed by atoms with Crippen LogP contribution in [0.1, 0.15) is 27.5 Å². The van der Waals surface area contributed by atoms with E-state index in [1.807, 2.05) is 0 Å². The molecule has 2 aromatic heterocycles. The van der Waals surface area contributed by atoms with Crippen molar-refractivity contribution in [2.75, 3.05) is 0 Å². The fourth-order valence-corrected chi connectivity index (χ4v) is 4.18. The number of aromatic nitrogens is 2. The topological polar surface area (TPSA) is 25.8 Å². The van der Waals surface area contributed by atoms with Crippen molar-refractivity contribution in [1.82, 2.24) is 9.97 Å². The average molecular weight is 475 g/mol. The molecule has 146 valence electrons. The highest BCUT2D eigenvalue weighted by Crippen LogP contribution is 2.42. The van der Waals surface area contributed by atoms with Crippen LogP contribution >= 0.6 is 27.7 Å². The number of alkyl halides is 3. The van der Waals surface area contributed by atoms with Crippen LogP contribution in [0.15, 0.2) is 58.4 Å². The van der Waals surface area contributed by atoms with E-state index in [1.165, 1.54) is 12.3 Å². The molecule has 0 spiro atoms. The number of aryl methyl sites for hydroxylation is 1. The largest absolute Gasteiger partial charge is 0.417 e. The highest BCUT2D eigenvalue weighted by atomic mass is 79.9. The van der Waals surface area contributed by atoms with E-state index < -0.39 is 28.6 Å². The maximum Gasteiger partial charge on any atom is 0.417 e. The third kappa shape index (κ3) is 4.70. The highest BCUT2D eigenvalue weighted by Gasteiger charge is 2.31. The van der Waals surface area contributed by atoms with E-state index in [1.54, 1.807) is 13.0 Å². The number of nitrogens with zero attached hydrogens (tertiary/aromatic N) is 2. The Balaban J connectivity index is 2.05. The first kappa shape index (κ1) is 20.7. The normalized spacial score (nSPS) is 12.8. The summed E-state index contributed by atoms with van der Waals surface area (Å²) in [5.74, 6) is -1.25. The average Bonchev–Trinajstić information content (AvgIpc) is 2.62. The maximum absolute atomic E-state index is 14.5. The Kier molecular flexibility index (Phi) is 6.04. The van der Waals surface area contributed by atoms with Crippen molar-refractivity contribution in [1.29, 1.82) is 0 Å². The van der Waals surface area contributed by atoms with E-state index >= 15 is 0 Å². The summed E-state index contributed by atoms with van der Waals surface area (Å²) in [5, 5.41) is -0.510. The van der Waals surface area contributed by atoms with Gasteiger partial charge in [-0.2, -0.15) is 13.2 Å². The van der Waals surface area contributed by atoms with Gasteiger partial charge in [0.1, 0.15) is 16.2 Å². The van der Waals surface area contributed by atoms with Crippen LogP contribution in [0, 0.1) is 18.6 Å². The smallest absolute Gasteiger partial charge is 0.249 e. The molecule has 0 saturated heterocycles. The first-order chi connectivity index (χ1) is 13.1. The molecule has 0 N–H and O–H groups in total.